The zero-order valence-electron chi connectivity index (χ0n) is 6.13. The molecule has 3 heteroatoms. The van der Waals surface area contributed by atoms with Crippen LogP contribution in [0.3, 0.4) is 0 Å². The largest absolute Gasteiger partial charge is 0.329 e. The van der Waals surface area contributed by atoms with Crippen LogP contribution in [0.5, 0.6) is 0 Å². The van der Waals surface area contributed by atoms with Gasteiger partial charge in [0.15, 0.2) is 0 Å². The molecule has 1 atom stereocenters. The van der Waals surface area contributed by atoms with Crippen molar-refractivity contribution in [2.45, 2.75) is 6.04 Å². The van der Waals surface area contributed by atoms with Crippen molar-refractivity contribution in [1.82, 2.24) is 0 Å². The van der Waals surface area contributed by atoms with E-state index >= 15 is 0 Å². The Morgan fingerprint density at radius 3 is 2.27 bits per heavy atom. The molecule has 0 heterocycles. The van der Waals surface area contributed by atoms with E-state index in [1.807, 2.05) is 24.3 Å². The number of nitrogens with two attached hydrogens (primary N) is 2. The first-order valence-electron chi connectivity index (χ1n) is 3.45. The highest BCUT2D eigenvalue weighted by Gasteiger charge is 2.01. The summed E-state index contributed by atoms with van der Waals surface area (Å²) in [5, 5.41) is 0. The molecule has 1 rings (SSSR count). The molecule has 0 aromatic heterocycles. The van der Waals surface area contributed by atoms with Gasteiger partial charge < -0.3 is 11.5 Å². The molecular weight excluding hydrogens is 204 g/mol. The molecule has 4 N–H and O–H groups in total. The SMILES string of the molecule is NC[C@H](N)c1ccc(Br)cc1. The molecule has 0 amide bonds. The third-order valence-corrected chi connectivity index (χ3v) is 2.08. The first kappa shape index (κ1) is 8.71. The highest BCUT2D eigenvalue weighted by Crippen LogP contribution is 2.14. The van der Waals surface area contributed by atoms with E-state index < -0.39 is 0 Å². The Kier molecular flexibility index (Phi) is 3.05. The second kappa shape index (κ2) is 3.85. The van der Waals surface area contributed by atoms with Crippen molar-refractivity contribution in [3.63, 3.8) is 0 Å². The molecule has 1 aromatic carbocycles. The first-order chi connectivity index (χ1) is 5.24. The molecule has 0 aliphatic rings. The van der Waals surface area contributed by atoms with Crippen molar-refractivity contribution in [3.05, 3.63) is 34.3 Å². The lowest BCUT2D eigenvalue weighted by Crippen LogP contribution is -2.20. The van der Waals surface area contributed by atoms with Crippen LogP contribution in [0.25, 0.3) is 0 Å². The minimum atomic E-state index is -0.0388. The Labute approximate surface area is 74.7 Å². The van der Waals surface area contributed by atoms with E-state index in [0.29, 0.717) is 6.54 Å². The van der Waals surface area contributed by atoms with Crippen LogP contribution in [0.2, 0.25) is 0 Å². The van der Waals surface area contributed by atoms with E-state index in [1.54, 1.807) is 0 Å². The quantitative estimate of drug-likeness (QED) is 0.783. The molecular formula is C8H11BrN2. The normalized spacial score (nSPS) is 13.0. The summed E-state index contributed by atoms with van der Waals surface area (Å²) in [7, 11) is 0. The highest BCUT2D eigenvalue weighted by atomic mass is 79.9. The van der Waals surface area contributed by atoms with Crippen molar-refractivity contribution in [3.8, 4) is 0 Å². The van der Waals surface area contributed by atoms with Gasteiger partial charge in [0, 0.05) is 17.1 Å². The number of hydrogen-bond acceptors (Lipinski definition) is 2. The van der Waals surface area contributed by atoms with Crippen LogP contribution >= 0.6 is 15.9 Å². The van der Waals surface area contributed by atoms with Gasteiger partial charge in [-0.15, -0.1) is 0 Å². The lowest BCUT2D eigenvalue weighted by molar-refractivity contribution is 0.737. The molecule has 0 aliphatic carbocycles. The molecule has 0 aliphatic heterocycles. The number of rotatable bonds is 2. The van der Waals surface area contributed by atoms with E-state index in [-0.39, 0.29) is 6.04 Å². The number of halogens is 1. The van der Waals surface area contributed by atoms with Gasteiger partial charge in [0.1, 0.15) is 0 Å². The van der Waals surface area contributed by atoms with Crippen molar-refractivity contribution in [1.29, 1.82) is 0 Å². The van der Waals surface area contributed by atoms with Crippen LogP contribution in [0.15, 0.2) is 28.7 Å². The Morgan fingerprint density at radius 2 is 1.82 bits per heavy atom. The van der Waals surface area contributed by atoms with E-state index in [4.69, 9.17) is 11.5 Å². The van der Waals surface area contributed by atoms with E-state index in [1.165, 1.54) is 0 Å². The summed E-state index contributed by atoms with van der Waals surface area (Å²) in [4.78, 5) is 0. The second-order valence-electron chi connectivity index (χ2n) is 2.39. The van der Waals surface area contributed by atoms with Crippen LogP contribution in [-0.4, -0.2) is 6.54 Å². The molecule has 0 saturated carbocycles. The molecule has 1 aromatic rings. The van der Waals surface area contributed by atoms with Crippen molar-refractivity contribution in [2.24, 2.45) is 11.5 Å². The van der Waals surface area contributed by atoms with Gasteiger partial charge in [-0.25, -0.2) is 0 Å². The third kappa shape index (κ3) is 2.29. The molecule has 0 unspecified atom stereocenters. The third-order valence-electron chi connectivity index (χ3n) is 1.55. The lowest BCUT2D eigenvalue weighted by Gasteiger charge is -2.07. The Morgan fingerprint density at radius 1 is 1.27 bits per heavy atom. The van der Waals surface area contributed by atoms with Crippen LogP contribution in [0.4, 0.5) is 0 Å². The van der Waals surface area contributed by atoms with Crippen molar-refractivity contribution in [2.75, 3.05) is 6.54 Å². The molecule has 0 bridgehead atoms. The summed E-state index contributed by atoms with van der Waals surface area (Å²) >= 11 is 3.34. The maximum Gasteiger partial charge on any atom is 0.0419 e. The van der Waals surface area contributed by atoms with Crippen molar-refractivity contribution < 1.29 is 0 Å². The molecule has 2 nitrogen and oxygen atoms in total. The summed E-state index contributed by atoms with van der Waals surface area (Å²) in [6.07, 6.45) is 0. The molecule has 60 valence electrons. The average molecular weight is 215 g/mol. The fraction of sp³-hybridized carbons (Fsp3) is 0.250. The Balaban J connectivity index is 2.81. The summed E-state index contributed by atoms with van der Waals surface area (Å²) in [6, 6.07) is 7.84. The Bertz CT molecular complexity index is 220. The predicted octanol–water partition coefficient (Wildman–Crippen LogP) is 1.41. The average Bonchev–Trinajstić information content (AvgIpc) is 2.05. The number of benzene rings is 1. The fourth-order valence-corrected chi connectivity index (χ4v) is 1.11. The van der Waals surface area contributed by atoms with Gasteiger partial charge in [-0.2, -0.15) is 0 Å². The Hall–Kier alpha value is -0.380. The van der Waals surface area contributed by atoms with Crippen LogP contribution in [0.1, 0.15) is 11.6 Å². The van der Waals surface area contributed by atoms with Gasteiger partial charge in [0.05, 0.1) is 0 Å². The standard InChI is InChI=1S/C8H11BrN2/c9-7-3-1-6(2-4-7)8(11)5-10/h1-4,8H,5,10-11H2/t8-/m0/s1. The monoisotopic (exact) mass is 214 g/mol. The van der Waals surface area contributed by atoms with E-state index in [2.05, 4.69) is 15.9 Å². The topological polar surface area (TPSA) is 52.0 Å². The zero-order chi connectivity index (χ0) is 8.27. The highest BCUT2D eigenvalue weighted by molar-refractivity contribution is 9.10. The second-order valence-corrected chi connectivity index (χ2v) is 3.31. The van der Waals surface area contributed by atoms with Gasteiger partial charge in [-0.05, 0) is 17.7 Å². The molecule has 0 spiro atoms. The van der Waals surface area contributed by atoms with Gasteiger partial charge in [0.2, 0.25) is 0 Å². The number of hydrogen-bond donors (Lipinski definition) is 2. The molecule has 0 saturated heterocycles. The fourth-order valence-electron chi connectivity index (χ4n) is 0.846. The molecule has 0 radical (unpaired) electrons. The van der Waals surface area contributed by atoms with Crippen LogP contribution in [-0.2, 0) is 0 Å². The van der Waals surface area contributed by atoms with Crippen molar-refractivity contribution >= 4 is 15.9 Å². The van der Waals surface area contributed by atoms with Crippen LogP contribution in [0, 0.1) is 0 Å². The predicted molar refractivity (Wildman–Crippen MR) is 50.1 cm³/mol. The smallest absolute Gasteiger partial charge is 0.0419 e. The minimum Gasteiger partial charge on any atom is -0.329 e. The van der Waals surface area contributed by atoms with Gasteiger partial charge in [-0.1, -0.05) is 28.1 Å². The maximum absolute atomic E-state index is 5.70. The summed E-state index contributed by atoms with van der Waals surface area (Å²) in [5.41, 5.74) is 12.2. The van der Waals surface area contributed by atoms with E-state index in [9.17, 15) is 0 Å². The van der Waals surface area contributed by atoms with Gasteiger partial charge in [0.25, 0.3) is 0 Å². The molecule has 11 heavy (non-hydrogen) atoms. The first-order valence-corrected chi connectivity index (χ1v) is 4.24. The summed E-state index contributed by atoms with van der Waals surface area (Å²) in [5.74, 6) is 0. The maximum atomic E-state index is 5.70. The van der Waals surface area contributed by atoms with E-state index in [0.717, 1.165) is 10.0 Å². The minimum absolute atomic E-state index is 0.0388. The van der Waals surface area contributed by atoms with Crippen LogP contribution < -0.4 is 11.5 Å². The molecule has 0 fully saturated rings. The summed E-state index contributed by atoms with van der Waals surface area (Å²) < 4.78 is 1.06. The van der Waals surface area contributed by atoms with Gasteiger partial charge in [-0.3, -0.25) is 0 Å². The zero-order valence-corrected chi connectivity index (χ0v) is 7.71. The summed E-state index contributed by atoms with van der Waals surface area (Å²) in [6.45, 7) is 0.488. The van der Waals surface area contributed by atoms with Gasteiger partial charge >= 0.3 is 0 Å². The lowest BCUT2D eigenvalue weighted by atomic mass is 10.1.